The minimum Gasteiger partial charge on any atom is -0.444 e. The molecule has 7 heterocycles. The fourth-order valence-electron chi connectivity index (χ4n) is 9.93. The predicted molar refractivity (Wildman–Crippen MR) is 255 cm³/mol. The van der Waals surface area contributed by atoms with E-state index in [9.17, 15) is 29.1 Å². The van der Waals surface area contributed by atoms with E-state index >= 15 is 0 Å². The monoisotopic (exact) mass is 1020 g/mol. The van der Waals surface area contributed by atoms with Gasteiger partial charge in [0.2, 0.25) is 0 Å². The van der Waals surface area contributed by atoms with E-state index in [4.69, 9.17) is 54.1 Å². The SMILES string of the molecule is O=C(NC1(C2CC2)CC1)O[C@@H]1CCN(c2cn[nH]c(=O)c2Cl)C1.O=C(NC1(C2CC2)CC1)O[C@@H]1CCN(c2cnn(CCO)c(=O)c2Cl)C1.O=c1c(Cl)c(N2CC[C@@H](O)C2)cnn1C1CCCCO1. The van der Waals surface area contributed by atoms with Gasteiger partial charge in [0.15, 0.2) is 6.23 Å². The third-order valence-electron chi connectivity index (χ3n) is 14.4. The van der Waals surface area contributed by atoms with Crippen molar-refractivity contribution in [2.75, 3.05) is 67.2 Å². The van der Waals surface area contributed by atoms with Crippen molar-refractivity contribution in [3.63, 3.8) is 0 Å². The number of nitrogens with zero attached hydrogens (tertiary/aromatic N) is 8. The van der Waals surface area contributed by atoms with Crippen molar-refractivity contribution in [1.82, 2.24) is 40.4 Å². The molecular formula is C45H60Cl3N11O10. The molecule has 0 bridgehead atoms. The second-order valence-corrected chi connectivity index (χ2v) is 20.6. The maximum atomic E-state index is 12.3. The van der Waals surface area contributed by atoms with Gasteiger partial charge in [-0.1, -0.05) is 34.8 Å². The summed E-state index contributed by atoms with van der Waals surface area (Å²) in [5.74, 6) is 1.28. The molecule has 69 heavy (non-hydrogen) atoms. The van der Waals surface area contributed by atoms with Gasteiger partial charge >= 0.3 is 12.2 Å². The van der Waals surface area contributed by atoms with E-state index in [-0.39, 0.29) is 81.6 Å². The van der Waals surface area contributed by atoms with Crippen molar-refractivity contribution < 1.29 is 34.0 Å². The lowest BCUT2D eigenvalue weighted by Gasteiger charge is -2.25. The van der Waals surface area contributed by atoms with E-state index in [1.54, 1.807) is 6.20 Å². The predicted octanol–water partition coefficient (Wildman–Crippen LogP) is 3.97. The van der Waals surface area contributed by atoms with Crippen molar-refractivity contribution in [2.24, 2.45) is 11.8 Å². The number of nitrogens with one attached hydrogen (secondary N) is 3. The van der Waals surface area contributed by atoms with Gasteiger partial charge in [-0.15, -0.1) is 0 Å². The van der Waals surface area contributed by atoms with Crippen LogP contribution >= 0.6 is 34.8 Å². The zero-order valence-corrected chi connectivity index (χ0v) is 40.6. The van der Waals surface area contributed by atoms with Crippen LogP contribution in [0, 0.1) is 11.8 Å². The number of halogens is 3. The number of aliphatic hydroxyl groups excluding tert-OH is 2. The molecule has 0 spiro atoms. The second kappa shape index (κ2) is 21.0. The van der Waals surface area contributed by atoms with Gasteiger partial charge in [-0.25, -0.2) is 19.4 Å². The fraction of sp³-hybridized carbons (Fsp3) is 0.689. The molecule has 5 N–H and O–H groups in total. The number of amides is 2. The molecule has 2 amide bonds. The van der Waals surface area contributed by atoms with Gasteiger partial charge in [-0.05, 0) is 88.9 Å². The lowest BCUT2D eigenvalue weighted by Crippen LogP contribution is -2.41. The van der Waals surface area contributed by atoms with Crippen molar-refractivity contribution in [3.8, 4) is 0 Å². The molecule has 376 valence electrons. The third-order valence-corrected chi connectivity index (χ3v) is 15.5. The molecule has 4 aliphatic heterocycles. The average Bonchev–Trinajstić information content (AvgIpc) is 4.18. The number of anilines is 3. The quantitative estimate of drug-likeness (QED) is 0.172. The van der Waals surface area contributed by atoms with Crippen LogP contribution in [0.2, 0.25) is 15.1 Å². The normalized spacial score (nSPS) is 25.2. The highest BCUT2D eigenvalue weighted by Crippen LogP contribution is 2.54. The molecule has 0 radical (unpaired) electrons. The number of ether oxygens (including phenoxy) is 3. The van der Waals surface area contributed by atoms with E-state index in [1.165, 1.54) is 42.8 Å². The lowest BCUT2D eigenvalue weighted by molar-refractivity contribution is -0.0424. The Labute approximate surface area is 412 Å². The Kier molecular flexibility index (Phi) is 15.0. The molecule has 3 aromatic rings. The number of aliphatic hydroxyl groups is 2. The number of aromatic nitrogens is 6. The summed E-state index contributed by atoms with van der Waals surface area (Å²) in [6, 6.07) is 0. The summed E-state index contributed by atoms with van der Waals surface area (Å²) >= 11 is 18.4. The third kappa shape index (κ3) is 11.6. The number of alkyl carbamates (subject to hydrolysis) is 2. The molecule has 21 nitrogen and oxygen atoms in total. The first-order valence-electron chi connectivity index (χ1n) is 24.2. The molecule has 4 saturated heterocycles. The van der Waals surface area contributed by atoms with Gasteiger partial charge in [-0.3, -0.25) is 14.4 Å². The topological polar surface area (TPSA) is 252 Å². The van der Waals surface area contributed by atoms with Crippen molar-refractivity contribution in [1.29, 1.82) is 0 Å². The molecule has 1 unspecified atom stereocenters. The van der Waals surface area contributed by atoms with Crippen LogP contribution in [0.5, 0.6) is 0 Å². The number of hydrogen-bond acceptors (Lipinski definition) is 16. The summed E-state index contributed by atoms with van der Waals surface area (Å²) in [7, 11) is 0. The molecule has 24 heteroatoms. The maximum Gasteiger partial charge on any atom is 0.407 e. The zero-order valence-electron chi connectivity index (χ0n) is 38.3. The Morgan fingerprint density at radius 2 is 1.25 bits per heavy atom. The van der Waals surface area contributed by atoms with Gasteiger partial charge in [0.25, 0.3) is 16.7 Å². The smallest absolute Gasteiger partial charge is 0.407 e. The van der Waals surface area contributed by atoms with E-state index in [2.05, 4.69) is 31.0 Å². The highest BCUT2D eigenvalue weighted by Gasteiger charge is 2.56. The Hall–Kier alpha value is -4.67. The van der Waals surface area contributed by atoms with Gasteiger partial charge in [0, 0.05) is 56.7 Å². The summed E-state index contributed by atoms with van der Waals surface area (Å²) in [4.78, 5) is 66.0. The first kappa shape index (κ1) is 49.3. The van der Waals surface area contributed by atoms with Crippen molar-refractivity contribution in [3.05, 3.63) is 64.7 Å². The number of carbonyl (C=O) groups excluding carboxylic acids is 2. The zero-order chi connectivity index (χ0) is 48.5. The average molecular weight is 1020 g/mol. The number of rotatable bonds is 12. The Balaban J connectivity index is 0.000000130. The number of β-amino-alcohol motifs (C(OH)–C–C–N with tert-alkyl or cyclic N) is 1. The first-order chi connectivity index (χ1) is 33.3. The molecule has 3 aromatic heterocycles. The van der Waals surface area contributed by atoms with Crippen LogP contribution in [0.4, 0.5) is 26.7 Å². The summed E-state index contributed by atoms with van der Waals surface area (Å²) in [6.07, 6.45) is 16.8. The van der Waals surface area contributed by atoms with Crippen molar-refractivity contribution >= 4 is 64.1 Å². The van der Waals surface area contributed by atoms with Gasteiger partial charge in [0.1, 0.15) is 27.3 Å². The number of H-pyrrole nitrogens is 1. The first-order valence-corrected chi connectivity index (χ1v) is 25.3. The van der Waals surface area contributed by atoms with Gasteiger partial charge in [0.05, 0.1) is 68.0 Å². The molecule has 4 aliphatic carbocycles. The van der Waals surface area contributed by atoms with Crippen LogP contribution in [0.15, 0.2) is 33.0 Å². The molecule has 4 atom stereocenters. The van der Waals surface area contributed by atoms with Crippen molar-refractivity contribution in [2.45, 2.75) is 132 Å². The highest BCUT2D eigenvalue weighted by molar-refractivity contribution is 6.33. The maximum absolute atomic E-state index is 12.3. The van der Waals surface area contributed by atoms with Crippen LogP contribution in [0.1, 0.15) is 96.1 Å². The van der Waals surface area contributed by atoms with E-state index < -0.39 is 11.1 Å². The molecule has 8 fully saturated rings. The number of carbonyl (C=O) groups is 2. The minimum absolute atomic E-state index is 0.000176. The van der Waals surface area contributed by atoms with E-state index in [0.29, 0.717) is 94.0 Å². The van der Waals surface area contributed by atoms with Gasteiger partial charge < -0.3 is 49.8 Å². The van der Waals surface area contributed by atoms with Crippen LogP contribution in [0.25, 0.3) is 0 Å². The minimum atomic E-state index is -0.430. The van der Waals surface area contributed by atoms with Crippen LogP contribution < -0.4 is 42.0 Å². The van der Waals surface area contributed by atoms with Gasteiger partial charge in [-0.2, -0.15) is 20.0 Å². The standard InChI is InChI=1S/C17H23ClN4O4.C15H19ClN4O3.C13H18ClN3O3/c18-14-13(9-19-22(7-8-23)15(14)24)21-6-3-12(10-21)26-16(25)20-17(4-5-17)11-1-2-11;16-12-11(7-17-19-13(12)21)20-6-3-10(8-20)23-14(22)18-15(4-5-15)9-1-2-9;14-12-10(16-5-4-9(18)8-16)7-15-17(13(12)19)11-3-1-2-6-20-11/h9,11-12,23H,1-8,10H2,(H,20,25);7,9-10H,1-6,8H2,(H,18,22)(H,19,21);7,9,11,18H,1-6,8H2/t12-;10-;9-,11?/m111/s1. The van der Waals surface area contributed by atoms with Crippen LogP contribution in [0.3, 0.4) is 0 Å². The summed E-state index contributed by atoms with van der Waals surface area (Å²) in [5, 5.41) is 39.3. The van der Waals surface area contributed by atoms with E-state index in [1.807, 2.05) is 14.7 Å². The summed E-state index contributed by atoms with van der Waals surface area (Å²) in [6.45, 7) is 4.07. The lowest BCUT2D eigenvalue weighted by atomic mass is 10.1. The Morgan fingerprint density at radius 1 is 0.710 bits per heavy atom. The fourth-order valence-corrected chi connectivity index (χ4v) is 10.7. The second-order valence-electron chi connectivity index (χ2n) is 19.4. The molecule has 0 aromatic carbocycles. The highest BCUT2D eigenvalue weighted by atomic mass is 35.5. The summed E-state index contributed by atoms with van der Waals surface area (Å²) in [5.41, 5.74) is 0.576. The summed E-state index contributed by atoms with van der Waals surface area (Å²) < 4.78 is 19.2. The van der Waals surface area contributed by atoms with Crippen LogP contribution in [-0.2, 0) is 20.8 Å². The largest absolute Gasteiger partial charge is 0.444 e. The molecule has 4 saturated carbocycles. The van der Waals surface area contributed by atoms with E-state index in [0.717, 1.165) is 49.6 Å². The number of aromatic amines is 1. The molecule has 8 aliphatic rings. The Bertz CT molecular complexity index is 2530. The number of hydrogen-bond donors (Lipinski definition) is 5. The molecule has 11 rings (SSSR count). The van der Waals surface area contributed by atoms with Crippen LogP contribution in [-0.4, -0.2) is 134 Å². The molecular weight excluding hydrogens is 961 g/mol. The Morgan fingerprint density at radius 3 is 1.75 bits per heavy atom.